The number of aliphatic hydroxyl groups excluding tert-OH is 1. The van der Waals surface area contributed by atoms with Crippen LogP contribution in [-0.4, -0.2) is 16.2 Å². The molecule has 0 unspecified atom stereocenters. The van der Waals surface area contributed by atoms with Gasteiger partial charge in [0.1, 0.15) is 0 Å². The van der Waals surface area contributed by atoms with Crippen LogP contribution in [-0.2, 0) is 4.79 Å². The molecule has 0 bridgehead atoms. The average molecular weight is 180 g/mol. The molecule has 70 valence electrons. The number of benzene rings is 1. The van der Waals surface area contributed by atoms with E-state index >= 15 is 0 Å². The Bertz CT molecular complexity index is 331. The summed E-state index contributed by atoms with van der Waals surface area (Å²) in [5.74, 6) is -1.21. The third-order valence-corrected chi connectivity index (χ3v) is 1.96. The fourth-order valence-corrected chi connectivity index (χ4v) is 1.19. The van der Waals surface area contributed by atoms with Crippen LogP contribution in [0, 0.1) is 13.8 Å². The molecule has 0 saturated carbocycles. The van der Waals surface area contributed by atoms with Gasteiger partial charge in [-0.05, 0) is 25.0 Å². The minimum absolute atomic E-state index is 0.465. The van der Waals surface area contributed by atoms with Gasteiger partial charge in [0.05, 0.1) is 0 Å². The van der Waals surface area contributed by atoms with Crippen LogP contribution in [0.1, 0.15) is 22.8 Å². The van der Waals surface area contributed by atoms with Crippen LogP contribution in [0.4, 0.5) is 0 Å². The van der Waals surface area contributed by atoms with E-state index in [4.69, 9.17) is 5.11 Å². The number of carboxylic acids is 1. The monoisotopic (exact) mass is 180 g/mol. The van der Waals surface area contributed by atoms with E-state index < -0.39 is 12.1 Å². The normalized spacial score (nSPS) is 12.5. The van der Waals surface area contributed by atoms with E-state index in [1.807, 2.05) is 13.0 Å². The molecule has 0 heterocycles. The van der Waals surface area contributed by atoms with Gasteiger partial charge in [0.15, 0.2) is 6.10 Å². The lowest BCUT2D eigenvalue weighted by atomic mass is 10.0. The van der Waals surface area contributed by atoms with Crippen molar-refractivity contribution in [1.29, 1.82) is 0 Å². The van der Waals surface area contributed by atoms with Crippen molar-refractivity contribution < 1.29 is 15.0 Å². The van der Waals surface area contributed by atoms with Crippen molar-refractivity contribution in [3.05, 3.63) is 34.9 Å². The number of aliphatic carboxylic acids is 1. The molecule has 0 fully saturated rings. The molecule has 1 aromatic carbocycles. The molecule has 13 heavy (non-hydrogen) atoms. The molecule has 0 radical (unpaired) electrons. The maximum atomic E-state index is 10.5. The van der Waals surface area contributed by atoms with Gasteiger partial charge in [0, 0.05) is 0 Å². The Balaban J connectivity index is 3.12. The van der Waals surface area contributed by atoms with Gasteiger partial charge in [-0.15, -0.1) is 0 Å². The molecule has 0 aromatic heterocycles. The third kappa shape index (κ3) is 2.06. The molecule has 0 aliphatic rings. The summed E-state index contributed by atoms with van der Waals surface area (Å²) >= 11 is 0. The van der Waals surface area contributed by atoms with Crippen molar-refractivity contribution in [2.45, 2.75) is 20.0 Å². The van der Waals surface area contributed by atoms with Gasteiger partial charge in [-0.3, -0.25) is 0 Å². The average Bonchev–Trinajstić information content (AvgIpc) is 2.08. The Labute approximate surface area is 76.6 Å². The molecule has 1 rings (SSSR count). The maximum absolute atomic E-state index is 10.5. The summed E-state index contributed by atoms with van der Waals surface area (Å²) in [4.78, 5) is 10.5. The van der Waals surface area contributed by atoms with Crippen molar-refractivity contribution >= 4 is 5.97 Å². The van der Waals surface area contributed by atoms with Crippen molar-refractivity contribution in [3.63, 3.8) is 0 Å². The van der Waals surface area contributed by atoms with Crippen LogP contribution in [0.3, 0.4) is 0 Å². The van der Waals surface area contributed by atoms with Gasteiger partial charge in [0.25, 0.3) is 0 Å². The highest BCUT2D eigenvalue weighted by Crippen LogP contribution is 2.18. The van der Waals surface area contributed by atoms with E-state index in [2.05, 4.69) is 0 Å². The summed E-state index contributed by atoms with van der Waals surface area (Å²) in [5, 5.41) is 17.9. The van der Waals surface area contributed by atoms with E-state index in [9.17, 15) is 9.90 Å². The zero-order chi connectivity index (χ0) is 10.0. The van der Waals surface area contributed by atoms with E-state index in [1.54, 1.807) is 19.1 Å². The fraction of sp³-hybridized carbons (Fsp3) is 0.300. The number of hydrogen-bond acceptors (Lipinski definition) is 2. The molecule has 1 atom stereocenters. The van der Waals surface area contributed by atoms with Crippen LogP contribution in [0.5, 0.6) is 0 Å². The van der Waals surface area contributed by atoms with E-state index in [-0.39, 0.29) is 0 Å². The summed E-state index contributed by atoms with van der Waals surface area (Å²) in [6, 6.07) is 5.37. The minimum Gasteiger partial charge on any atom is -0.479 e. The molecule has 3 heteroatoms. The van der Waals surface area contributed by atoms with Crippen molar-refractivity contribution in [1.82, 2.24) is 0 Å². The smallest absolute Gasteiger partial charge is 0.337 e. The van der Waals surface area contributed by atoms with E-state index in [0.717, 1.165) is 11.1 Å². The second-order valence-corrected chi connectivity index (χ2v) is 3.10. The first-order chi connectivity index (χ1) is 6.02. The Hall–Kier alpha value is -1.35. The first-order valence-electron chi connectivity index (χ1n) is 4.00. The summed E-state index contributed by atoms with van der Waals surface area (Å²) in [5.41, 5.74) is 2.20. The SMILES string of the molecule is Cc1ccc(C)c([C@@H](O)C(=O)O)c1. The van der Waals surface area contributed by atoms with Crippen LogP contribution in [0.15, 0.2) is 18.2 Å². The molecule has 0 amide bonds. The van der Waals surface area contributed by atoms with E-state index in [0.29, 0.717) is 5.56 Å². The second kappa shape index (κ2) is 3.58. The largest absolute Gasteiger partial charge is 0.479 e. The van der Waals surface area contributed by atoms with Gasteiger partial charge in [0.2, 0.25) is 0 Å². The van der Waals surface area contributed by atoms with E-state index in [1.165, 1.54) is 0 Å². The standard InChI is InChI=1S/C10H12O3/c1-6-3-4-7(2)8(5-6)9(11)10(12)13/h3-5,9,11H,1-2H3,(H,12,13)/t9-/m1/s1. The number of aryl methyl sites for hydroxylation is 2. The predicted molar refractivity (Wildman–Crippen MR) is 48.5 cm³/mol. The molecule has 0 saturated heterocycles. The molecule has 0 spiro atoms. The lowest BCUT2D eigenvalue weighted by molar-refractivity contribution is -0.147. The van der Waals surface area contributed by atoms with Crippen molar-refractivity contribution in [2.75, 3.05) is 0 Å². The highest BCUT2D eigenvalue weighted by molar-refractivity contribution is 5.74. The van der Waals surface area contributed by atoms with Gasteiger partial charge in [-0.1, -0.05) is 23.8 Å². The molecular weight excluding hydrogens is 168 g/mol. The quantitative estimate of drug-likeness (QED) is 0.723. The first-order valence-corrected chi connectivity index (χ1v) is 4.00. The Morgan fingerprint density at radius 1 is 1.38 bits per heavy atom. The number of hydrogen-bond donors (Lipinski definition) is 2. The van der Waals surface area contributed by atoms with Gasteiger partial charge < -0.3 is 10.2 Å². The van der Waals surface area contributed by atoms with Crippen molar-refractivity contribution in [2.24, 2.45) is 0 Å². The third-order valence-electron chi connectivity index (χ3n) is 1.96. The first kappa shape index (κ1) is 9.74. The van der Waals surface area contributed by atoms with Crippen LogP contribution >= 0.6 is 0 Å². The van der Waals surface area contributed by atoms with Gasteiger partial charge >= 0.3 is 5.97 Å². The van der Waals surface area contributed by atoms with Gasteiger partial charge in [-0.25, -0.2) is 4.79 Å². The number of carbonyl (C=O) groups is 1. The molecule has 2 N–H and O–H groups in total. The molecule has 0 aliphatic carbocycles. The summed E-state index contributed by atoms with van der Waals surface area (Å²) in [6.07, 6.45) is -1.42. The summed E-state index contributed by atoms with van der Waals surface area (Å²) in [7, 11) is 0. The molecule has 3 nitrogen and oxygen atoms in total. The number of carboxylic acid groups (broad SMARTS) is 1. The zero-order valence-electron chi connectivity index (χ0n) is 7.61. The highest BCUT2D eigenvalue weighted by Gasteiger charge is 2.17. The Morgan fingerprint density at radius 2 is 2.00 bits per heavy atom. The van der Waals surface area contributed by atoms with Gasteiger partial charge in [-0.2, -0.15) is 0 Å². The summed E-state index contributed by atoms with van der Waals surface area (Å²) in [6.45, 7) is 3.64. The highest BCUT2D eigenvalue weighted by atomic mass is 16.4. The molecule has 0 aliphatic heterocycles. The predicted octanol–water partition coefficient (Wildman–Crippen LogP) is 1.42. The summed E-state index contributed by atoms with van der Waals surface area (Å²) < 4.78 is 0. The van der Waals surface area contributed by atoms with Crippen LogP contribution in [0.25, 0.3) is 0 Å². The van der Waals surface area contributed by atoms with Crippen LogP contribution < -0.4 is 0 Å². The lowest BCUT2D eigenvalue weighted by Gasteiger charge is -2.09. The Kier molecular flexibility index (Phi) is 2.68. The number of rotatable bonds is 2. The second-order valence-electron chi connectivity index (χ2n) is 3.10. The molecular formula is C10H12O3. The minimum atomic E-state index is -1.42. The Morgan fingerprint density at radius 3 is 2.54 bits per heavy atom. The lowest BCUT2D eigenvalue weighted by Crippen LogP contribution is -2.11. The topological polar surface area (TPSA) is 57.5 Å². The molecule has 1 aromatic rings. The van der Waals surface area contributed by atoms with Crippen LogP contribution in [0.2, 0.25) is 0 Å². The van der Waals surface area contributed by atoms with Crippen molar-refractivity contribution in [3.8, 4) is 0 Å². The zero-order valence-corrected chi connectivity index (χ0v) is 7.61. The number of aliphatic hydroxyl groups is 1. The fourth-order valence-electron chi connectivity index (χ4n) is 1.19. The maximum Gasteiger partial charge on any atom is 0.337 e.